The lowest BCUT2D eigenvalue weighted by Crippen LogP contribution is -2.41. The fourth-order valence-corrected chi connectivity index (χ4v) is 1.97. The molecule has 1 saturated heterocycles. The van der Waals surface area contributed by atoms with Crippen LogP contribution < -0.4 is 9.47 Å². The fraction of sp³-hybridized carbons (Fsp3) is 0.545. The quantitative estimate of drug-likeness (QED) is 0.759. The molecule has 0 unspecified atom stereocenters. The standard InChI is InChI=1S/C11H14ClN3O4/c1-17-9-7(8(12)13-11(14-9)18-2)10(16)15-3-5-19-6-4-15/h3-6H2,1-2H3. The van der Waals surface area contributed by atoms with Gasteiger partial charge in [0.2, 0.25) is 5.88 Å². The largest absolute Gasteiger partial charge is 0.480 e. The van der Waals surface area contributed by atoms with Crippen LogP contribution in [0, 0.1) is 0 Å². The normalized spacial score (nSPS) is 15.2. The average Bonchev–Trinajstić information content (AvgIpc) is 2.46. The molecule has 0 saturated carbocycles. The molecule has 1 aromatic heterocycles. The molecule has 2 rings (SSSR count). The first-order valence-electron chi connectivity index (χ1n) is 5.70. The van der Waals surface area contributed by atoms with Crippen molar-refractivity contribution < 1.29 is 19.0 Å². The van der Waals surface area contributed by atoms with E-state index in [1.54, 1.807) is 4.90 Å². The van der Waals surface area contributed by atoms with E-state index in [9.17, 15) is 4.79 Å². The van der Waals surface area contributed by atoms with Gasteiger partial charge in [-0.05, 0) is 0 Å². The smallest absolute Gasteiger partial charge is 0.320 e. The number of carbonyl (C=O) groups is 1. The van der Waals surface area contributed by atoms with Gasteiger partial charge in [-0.2, -0.15) is 9.97 Å². The summed E-state index contributed by atoms with van der Waals surface area (Å²) in [6.07, 6.45) is 0. The average molecular weight is 288 g/mol. The van der Waals surface area contributed by atoms with Gasteiger partial charge in [0.15, 0.2) is 5.15 Å². The Morgan fingerprint density at radius 2 is 1.95 bits per heavy atom. The molecule has 0 N–H and O–H groups in total. The number of amides is 1. The first-order valence-corrected chi connectivity index (χ1v) is 6.07. The number of aromatic nitrogens is 2. The van der Waals surface area contributed by atoms with Crippen LogP contribution in [0.4, 0.5) is 0 Å². The molecule has 2 heterocycles. The highest BCUT2D eigenvalue weighted by Crippen LogP contribution is 2.27. The second-order valence-electron chi connectivity index (χ2n) is 3.79. The molecular formula is C11H14ClN3O4. The predicted octanol–water partition coefficient (Wildman–Crippen LogP) is 0.620. The number of hydrogen-bond acceptors (Lipinski definition) is 6. The topological polar surface area (TPSA) is 73.8 Å². The summed E-state index contributed by atoms with van der Waals surface area (Å²) in [5, 5.41) is 0.0141. The van der Waals surface area contributed by atoms with Crippen LogP contribution in [0.5, 0.6) is 11.9 Å². The van der Waals surface area contributed by atoms with Gasteiger partial charge in [-0.1, -0.05) is 11.6 Å². The van der Waals surface area contributed by atoms with Crippen molar-refractivity contribution in [1.29, 1.82) is 0 Å². The fourth-order valence-electron chi connectivity index (χ4n) is 1.74. The van der Waals surface area contributed by atoms with Crippen LogP contribution in [0.1, 0.15) is 10.4 Å². The Morgan fingerprint density at radius 1 is 1.26 bits per heavy atom. The van der Waals surface area contributed by atoms with Crippen molar-refractivity contribution >= 4 is 17.5 Å². The van der Waals surface area contributed by atoms with Crippen LogP contribution in [0.2, 0.25) is 5.15 Å². The van der Waals surface area contributed by atoms with E-state index in [1.165, 1.54) is 14.2 Å². The second kappa shape index (κ2) is 6.03. The minimum absolute atomic E-state index is 0.0141. The van der Waals surface area contributed by atoms with Crippen LogP contribution >= 0.6 is 11.6 Å². The van der Waals surface area contributed by atoms with E-state index in [0.717, 1.165) is 0 Å². The third-order valence-corrected chi connectivity index (χ3v) is 2.97. The molecule has 0 spiro atoms. The first kappa shape index (κ1) is 13.8. The van der Waals surface area contributed by atoms with E-state index in [0.29, 0.717) is 26.3 Å². The Hall–Kier alpha value is -1.60. The van der Waals surface area contributed by atoms with E-state index in [1.807, 2.05) is 0 Å². The van der Waals surface area contributed by atoms with Gasteiger partial charge >= 0.3 is 6.01 Å². The van der Waals surface area contributed by atoms with E-state index in [2.05, 4.69) is 9.97 Å². The summed E-state index contributed by atoms with van der Waals surface area (Å²) in [5.41, 5.74) is 0.145. The molecular weight excluding hydrogens is 274 g/mol. The minimum atomic E-state index is -0.271. The maximum Gasteiger partial charge on any atom is 0.320 e. The molecule has 1 aliphatic rings. The molecule has 0 atom stereocenters. The summed E-state index contributed by atoms with van der Waals surface area (Å²) in [5.74, 6) is -0.166. The molecule has 104 valence electrons. The molecule has 0 aromatic carbocycles. The molecule has 7 nitrogen and oxygen atoms in total. The van der Waals surface area contributed by atoms with Crippen LogP contribution in [0.15, 0.2) is 0 Å². The van der Waals surface area contributed by atoms with Gasteiger partial charge in [-0.15, -0.1) is 0 Å². The van der Waals surface area contributed by atoms with Crippen LogP contribution in [-0.4, -0.2) is 61.3 Å². The van der Waals surface area contributed by atoms with Crippen LogP contribution in [0.25, 0.3) is 0 Å². The lowest BCUT2D eigenvalue weighted by atomic mass is 10.2. The summed E-state index contributed by atoms with van der Waals surface area (Å²) in [4.78, 5) is 21.9. The van der Waals surface area contributed by atoms with E-state index in [-0.39, 0.29) is 28.5 Å². The zero-order valence-corrected chi connectivity index (χ0v) is 11.4. The van der Waals surface area contributed by atoms with E-state index >= 15 is 0 Å². The van der Waals surface area contributed by atoms with Crippen LogP contribution in [0.3, 0.4) is 0 Å². The summed E-state index contributed by atoms with van der Waals surface area (Å²) < 4.78 is 15.2. The Labute approximate surface area is 115 Å². The van der Waals surface area contributed by atoms with Crippen molar-refractivity contribution in [3.8, 4) is 11.9 Å². The number of morpholine rings is 1. The predicted molar refractivity (Wildman–Crippen MR) is 66.9 cm³/mol. The van der Waals surface area contributed by atoms with Gasteiger partial charge in [0.1, 0.15) is 5.56 Å². The Morgan fingerprint density at radius 3 is 2.53 bits per heavy atom. The first-order chi connectivity index (χ1) is 9.17. The third-order valence-electron chi connectivity index (χ3n) is 2.70. The highest BCUT2D eigenvalue weighted by molar-refractivity contribution is 6.33. The van der Waals surface area contributed by atoms with Gasteiger partial charge in [0.05, 0.1) is 27.4 Å². The SMILES string of the molecule is COc1nc(Cl)c(C(=O)N2CCOCC2)c(OC)n1. The molecule has 1 aromatic rings. The second-order valence-corrected chi connectivity index (χ2v) is 4.15. The summed E-state index contributed by atoms with van der Waals surface area (Å²) in [6, 6.07) is 0.0559. The number of nitrogens with zero attached hydrogens (tertiary/aromatic N) is 3. The van der Waals surface area contributed by atoms with Crippen LogP contribution in [-0.2, 0) is 4.74 Å². The van der Waals surface area contributed by atoms with Gasteiger partial charge in [-0.25, -0.2) is 0 Å². The molecule has 8 heteroatoms. The van der Waals surface area contributed by atoms with Gasteiger partial charge in [0, 0.05) is 13.1 Å². The number of hydrogen-bond donors (Lipinski definition) is 0. The molecule has 1 fully saturated rings. The van der Waals surface area contributed by atoms with Crippen molar-refractivity contribution in [2.24, 2.45) is 0 Å². The number of rotatable bonds is 3. The summed E-state index contributed by atoms with van der Waals surface area (Å²) >= 11 is 6.02. The zero-order chi connectivity index (χ0) is 13.8. The molecule has 1 amide bonds. The Kier molecular flexibility index (Phi) is 4.39. The maximum atomic E-state index is 12.4. The van der Waals surface area contributed by atoms with Crippen molar-refractivity contribution in [3.05, 3.63) is 10.7 Å². The lowest BCUT2D eigenvalue weighted by molar-refractivity contribution is 0.0300. The van der Waals surface area contributed by atoms with E-state index < -0.39 is 0 Å². The van der Waals surface area contributed by atoms with Gasteiger partial charge in [0.25, 0.3) is 5.91 Å². The number of methoxy groups -OCH3 is 2. The Balaban J connectivity index is 2.34. The number of carbonyl (C=O) groups excluding carboxylic acids is 1. The number of halogens is 1. The molecule has 1 aliphatic heterocycles. The summed E-state index contributed by atoms with van der Waals surface area (Å²) in [7, 11) is 2.82. The lowest BCUT2D eigenvalue weighted by Gasteiger charge is -2.27. The molecule has 0 radical (unpaired) electrons. The van der Waals surface area contributed by atoms with Crippen molar-refractivity contribution in [2.75, 3.05) is 40.5 Å². The van der Waals surface area contributed by atoms with Crippen molar-refractivity contribution in [1.82, 2.24) is 14.9 Å². The monoisotopic (exact) mass is 287 g/mol. The summed E-state index contributed by atoms with van der Waals surface area (Å²) in [6.45, 7) is 2.01. The third kappa shape index (κ3) is 2.87. The molecule has 0 bridgehead atoms. The van der Waals surface area contributed by atoms with Crippen molar-refractivity contribution in [3.63, 3.8) is 0 Å². The number of ether oxygens (including phenoxy) is 3. The van der Waals surface area contributed by atoms with E-state index in [4.69, 9.17) is 25.8 Å². The van der Waals surface area contributed by atoms with Gasteiger partial charge < -0.3 is 19.1 Å². The highest BCUT2D eigenvalue weighted by atomic mass is 35.5. The highest BCUT2D eigenvalue weighted by Gasteiger charge is 2.27. The van der Waals surface area contributed by atoms with Gasteiger partial charge in [-0.3, -0.25) is 4.79 Å². The Bertz CT molecular complexity index is 477. The molecule has 0 aliphatic carbocycles. The van der Waals surface area contributed by atoms with Crippen molar-refractivity contribution in [2.45, 2.75) is 0 Å². The maximum absolute atomic E-state index is 12.4. The zero-order valence-electron chi connectivity index (χ0n) is 10.7. The minimum Gasteiger partial charge on any atom is -0.480 e. The molecule has 19 heavy (non-hydrogen) atoms.